The Morgan fingerprint density at radius 1 is 1.16 bits per heavy atom. The lowest BCUT2D eigenvalue weighted by atomic mass is 10.1. The summed E-state index contributed by atoms with van der Waals surface area (Å²) in [6.07, 6.45) is 0. The summed E-state index contributed by atoms with van der Waals surface area (Å²) in [7, 11) is 0. The Bertz CT molecular complexity index is 1230. The molecule has 1 aliphatic rings. The zero-order valence-corrected chi connectivity index (χ0v) is 18.0. The summed E-state index contributed by atoms with van der Waals surface area (Å²) in [5, 5.41) is 12.8. The summed E-state index contributed by atoms with van der Waals surface area (Å²) in [5.74, 6) is -0.413. The molecule has 1 aliphatic heterocycles. The second-order valence-corrected chi connectivity index (χ2v) is 8.13. The fourth-order valence-corrected chi connectivity index (χ4v) is 4.00. The second kappa shape index (κ2) is 8.36. The lowest BCUT2D eigenvalue weighted by Crippen LogP contribution is -2.50. The second-order valence-electron chi connectivity index (χ2n) is 7.69. The van der Waals surface area contributed by atoms with Gasteiger partial charge in [0.25, 0.3) is 0 Å². The van der Waals surface area contributed by atoms with E-state index in [9.17, 15) is 14.9 Å². The predicted molar refractivity (Wildman–Crippen MR) is 120 cm³/mol. The zero-order chi connectivity index (χ0) is 22.1. The summed E-state index contributed by atoms with van der Waals surface area (Å²) < 4.78 is 6.90. The molecule has 0 spiro atoms. The van der Waals surface area contributed by atoms with E-state index < -0.39 is 5.76 Å². The van der Waals surface area contributed by atoms with Gasteiger partial charge < -0.3 is 19.5 Å². The van der Waals surface area contributed by atoms with Crippen molar-refractivity contribution in [2.24, 2.45) is 0 Å². The molecule has 1 saturated heterocycles. The molecule has 3 aromatic rings. The highest BCUT2D eigenvalue weighted by Gasteiger charge is 2.23. The van der Waals surface area contributed by atoms with Gasteiger partial charge in [0.1, 0.15) is 6.07 Å². The van der Waals surface area contributed by atoms with Crippen molar-refractivity contribution in [3.05, 3.63) is 57.5 Å². The van der Waals surface area contributed by atoms with E-state index in [0.29, 0.717) is 53.6 Å². The van der Waals surface area contributed by atoms with Crippen LogP contribution in [0.15, 0.2) is 45.6 Å². The normalized spacial score (nSPS) is 14.2. The molecule has 8 nitrogen and oxygen atoms in total. The number of halogens is 1. The van der Waals surface area contributed by atoms with Gasteiger partial charge in [-0.2, -0.15) is 5.26 Å². The van der Waals surface area contributed by atoms with Crippen molar-refractivity contribution in [1.29, 1.82) is 5.26 Å². The van der Waals surface area contributed by atoms with E-state index in [1.807, 2.05) is 19.9 Å². The first kappa shape index (κ1) is 20.8. The number of aromatic nitrogens is 1. The molecule has 1 fully saturated rings. The van der Waals surface area contributed by atoms with Crippen LogP contribution < -0.4 is 16.0 Å². The van der Waals surface area contributed by atoms with Gasteiger partial charge in [-0.05, 0) is 44.2 Å². The molecule has 0 atom stereocenters. The summed E-state index contributed by atoms with van der Waals surface area (Å²) in [6, 6.07) is 12.4. The van der Waals surface area contributed by atoms with Crippen LogP contribution in [0.1, 0.15) is 25.5 Å². The molecule has 1 N–H and O–H groups in total. The number of nitriles is 1. The monoisotopic (exact) mass is 439 g/mol. The number of carbonyl (C=O) groups is 1. The maximum atomic E-state index is 12.7. The Labute approximate surface area is 184 Å². The highest BCUT2D eigenvalue weighted by atomic mass is 35.5. The van der Waals surface area contributed by atoms with Crippen molar-refractivity contribution in [1.82, 2.24) is 9.47 Å². The Morgan fingerprint density at radius 3 is 2.58 bits per heavy atom. The Balaban J connectivity index is 1.43. The molecule has 4 rings (SSSR count). The van der Waals surface area contributed by atoms with E-state index in [-0.39, 0.29) is 12.1 Å². The highest BCUT2D eigenvalue weighted by Crippen LogP contribution is 2.25. The third kappa shape index (κ3) is 4.09. The van der Waals surface area contributed by atoms with Crippen molar-refractivity contribution in [2.45, 2.75) is 19.9 Å². The van der Waals surface area contributed by atoms with E-state index in [1.54, 1.807) is 39.8 Å². The van der Waals surface area contributed by atoms with Crippen LogP contribution in [0.25, 0.3) is 11.1 Å². The first-order chi connectivity index (χ1) is 14.9. The van der Waals surface area contributed by atoms with Crippen molar-refractivity contribution in [2.75, 3.05) is 36.4 Å². The Kier molecular flexibility index (Phi) is 5.61. The van der Waals surface area contributed by atoms with Gasteiger partial charge in [0.05, 0.1) is 16.8 Å². The third-order valence-corrected chi connectivity index (χ3v) is 5.60. The van der Waals surface area contributed by atoms with Crippen LogP contribution in [0.4, 0.5) is 16.2 Å². The SMILES string of the molecule is CC(C)n1c(=O)oc2cc(NC(=O)N3CCN(c4ccc(Cl)cc4C#N)CC3)ccc21. The highest BCUT2D eigenvalue weighted by molar-refractivity contribution is 6.30. The number of nitrogens with zero attached hydrogens (tertiary/aromatic N) is 4. The lowest BCUT2D eigenvalue weighted by molar-refractivity contribution is 0.208. The number of hydrogen-bond donors (Lipinski definition) is 1. The molecular weight excluding hydrogens is 418 g/mol. The molecule has 0 aliphatic carbocycles. The molecule has 0 saturated carbocycles. The smallest absolute Gasteiger partial charge is 0.408 e. The number of hydrogen-bond acceptors (Lipinski definition) is 5. The molecule has 9 heteroatoms. The quantitative estimate of drug-likeness (QED) is 0.664. The number of nitrogens with one attached hydrogen (secondary N) is 1. The minimum absolute atomic E-state index is 0.0207. The largest absolute Gasteiger partial charge is 0.420 e. The molecule has 31 heavy (non-hydrogen) atoms. The maximum absolute atomic E-state index is 12.7. The Morgan fingerprint density at radius 2 is 1.90 bits per heavy atom. The molecule has 2 amide bonds. The molecule has 1 aromatic heterocycles. The van der Waals surface area contributed by atoms with Crippen molar-refractivity contribution in [3.63, 3.8) is 0 Å². The lowest BCUT2D eigenvalue weighted by Gasteiger charge is -2.36. The molecule has 0 radical (unpaired) electrons. The van der Waals surface area contributed by atoms with Gasteiger partial charge in [-0.1, -0.05) is 11.6 Å². The van der Waals surface area contributed by atoms with E-state index in [2.05, 4.69) is 16.3 Å². The number of fused-ring (bicyclic) bond motifs is 1. The predicted octanol–water partition coefficient (Wildman–Crippen LogP) is 4.05. The average Bonchev–Trinajstić information content (AvgIpc) is 3.08. The average molecular weight is 440 g/mol. The minimum atomic E-state index is -0.413. The van der Waals surface area contributed by atoms with Crippen LogP contribution in [-0.2, 0) is 0 Å². The third-order valence-electron chi connectivity index (χ3n) is 5.37. The number of urea groups is 1. The van der Waals surface area contributed by atoms with Crippen LogP contribution in [-0.4, -0.2) is 41.7 Å². The summed E-state index contributed by atoms with van der Waals surface area (Å²) >= 11 is 5.98. The summed E-state index contributed by atoms with van der Waals surface area (Å²) in [5.41, 5.74) is 3.04. The van der Waals surface area contributed by atoms with E-state index in [4.69, 9.17) is 16.0 Å². The van der Waals surface area contributed by atoms with Gasteiger partial charge in [-0.25, -0.2) is 9.59 Å². The molecule has 0 bridgehead atoms. The number of benzene rings is 2. The van der Waals surface area contributed by atoms with Gasteiger partial charge in [0.15, 0.2) is 5.58 Å². The number of amides is 2. The maximum Gasteiger partial charge on any atom is 0.420 e. The molecule has 0 unspecified atom stereocenters. The van der Waals surface area contributed by atoms with E-state index in [1.165, 1.54) is 0 Å². The first-order valence-corrected chi connectivity index (χ1v) is 10.4. The van der Waals surface area contributed by atoms with Crippen molar-refractivity contribution < 1.29 is 9.21 Å². The molecular formula is C22H22ClN5O3. The number of rotatable bonds is 3. The van der Waals surface area contributed by atoms with Gasteiger partial charge >= 0.3 is 11.8 Å². The van der Waals surface area contributed by atoms with Crippen molar-refractivity contribution >= 4 is 40.1 Å². The topological polar surface area (TPSA) is 94.5 Å². The van der Waals surface area contributed by atoms with E-state index in [0.717, 1.165) is 5.69 Å². The molecule has 160 valence electrons. The number of carbonyl (C=O) groups excluding carboxylic acids is 1. The van der Waals surface area contributed by atoms with Crippen LogP contribution in [0.3, 0.4) is 0 Å². The number of anilines is 2. The van der Waals surface area contributed by atoms with Gasteiger partial charge in [0.2, 0.25) is 0 Å². The van der Waals surface area contributed by atoms with Crippen molar-refractivity contribution in [3.8, 4) is 6.07 Å². The van der Waals surface area contributed by atoms with Crippen LogP contribution in [0.2, 0.25) is 5.02 Å². The van der Waals surface area contributed by atoms with Crippen LogP contribution in [0.5, 0.6) is 0 Å². The standard InChI is InChI=1S/C22H22ClN5O3/c1-14(2)28-19-6-4-17(12-20(19)31-22(28)30)25-21(29)27-9-7-26(8-10-27)18-5-3-16(23)11-15(18)13-24/h3-6,11-12,14H,7-10H2,1-2H3,(H,25,29). The van der Waals surface area contributed by atoms with Gasteiger partial charge in [0, 0.05) is 49.0 Å². The van der Waals surface area contributed by atoms with Crippen LogP contribution in [0, 0.1) is 11.3 Å². The first-order valence-electron chi connectivity index (χ1n) is 10.0. The van der Waals surface area contributed by atoms with Gasteiger partial charge in [-0.15, -0.1) is 0 Å². The Hall–Kier alpha value is -3.44. The molecule has 2 heterocycles. The summed E-state index contributed by atoms with van der Waals surface area (Å²) in [4.78, 5) is 28.6. The molecule has 2 aromatic carbocycles. The summed E-state index contributed by atoms with van der Waals surface area (Å²) in [6.45, 7) is 6.06. The number of piperazine rings is 1. The minimum Gasteiger partial charge on any atom is -0.408 e. The number of oxazole rings is 1. The fourth-order valence-electron chi connectivity index (χ4n) is 3.83. The van der Waals surface area contributed by atoms with Gasteiger partial charge in [-0.3, -0.25) is 4.57 Å². The van der Waals surface area contributed by atoms with Crippen LogP contribution >= 0.6 is 11.6 Å². The zero-order valence-electron chi connectivity index (χ0n) is 17.3. The fraction of sp³-hybridized carbons (Fsp3) is 0.318. The van der Waals surface area contributed by atoms with E-state index >= 15 is 0 Å².